The van der Waals surface area contributed by atoms with E-state index in [1.165, 1.54) is 0 Å². The number of aliphatic hydroxyl groups is 1. The second-order valence-corrected chi connectivity index (χ2v) is 3.18. The number of carbonyl (C=O) groups is 1. The molecule has 4 nitrogen and oxygen atoms in total. The molecule has 0 spiro atoms. The maximum absolute atomic E-state index is 10.1. The summed E-state index contributed by atoms with van der Waals surface area (Å²) in [7, 11) is 0. The number of carboxylic acids is 1. The number of aliphatic carboxylic acids is 1. The van der Waals surface area contributed by atoms with Crippen molar-refractivity contribution in [3.05, 3.63) is 23.3 Å². The Morgan fingerprint density at radius 2 is 1.94 bits per heavy atom. The largest absolute Gasteiger partial charge is 0.477 e. The van der Waals surface area contributed by atoms with Crippen molar-refractivity contribution < 1.29 is 15.0 Å². The zero-order chi connectivity index (χ0) is 13.0. The molecule has 0 aromatic carbocycles. The van der Waals surface area contributed by atoms with Crippen LogP contribution in [0.4, 0.5) is 0 Å². The van der Waals surface area contributed by atoms with Gasteiger partial charge in [-0.25, -0.2) is 4.79 Å². The highest BCUT2D eigenvalue weighted by Gasteiger charge is 2.05. The van der Waals surface area contributed by atoms with Gasteiger partial charge in [-0.2, -0.15) is 5.26 Å². The first-order valence-electron chi connectivity index (χ1n) is 5.07. The van der Waals surface area contributed by atoms with Gasteiger partial charge in [-0.15, -0.1) is 0 Å². The molecule has 16 heavy (non-hydrogen) atoms. The van der Waals surface area contributed by atoms with E-state index in [1.807, 2.05) is 6.08 Å². The summed E-state index contributed by atoms with van der Waals surface area (Å²) in [6.45, 7) is 5.53. The molecule has 0 saturated carbocycles. The van der Waals surface area contributed by atoms with Crippen LogP contribution in [-0.4, -0.2) is 22.8 Å². The van der Waals surface area contributed by atoms with E-state index >= 15 is 0 Å². The van der Waals surface area contributed by atoms with Crippen LogP contribution in [0.25, 0.3) is 0 Å². The number of nitrogens with zero attached hydrogens (tertiary/aromatic N) is 1. The van der Waals surface area contributed by atoms with Crippen LogP contribution >= 0.6 is 0 Å². The van der Waals surface area contributed by atoms with Gasteiger partial charge in [0, 0.05) is 6.61 Å². The zero-order valence-electron chi connectivity index (χ0n) is 10.0. The normalized spacial score (nSPS) is 8.94. The Labute approximate surface area is 96.5 Å². The summed E-state index contributed by atoms with van der Waals surface area (Å²) < 4.78 is 0. The van der Waals surface area contributed by atoms with E-state index in [0.29, 0.717) is 5.57 Å². The molecule has 0 amide bonds. The van der Waals surface area contributed by atoms with Crippen molar-refractivity contribution in [2.75, 3.05) is 6.61 Å². The molecule has 0 rings (SSSR count). The van der Waals surface area contributed by atoms with Gasteiger partial charge in [0.05, 0.1) is 0 Å². The quantitative estimate of drug-likeness (QED) is 0.437. The number of carboxylic acid groups (broad SMARTS) is 1. The summed E-state index contributed by atoms with van der Waals surface area (Å²) >= 11 is 0. The first kappa shape index (κ1) is 16.8. The smallest absolute Gasteiger partial charge is 0.346 e. The van der Waals surface area contributed by atoms with Gasteiger partial charge in [0.2, 0.25) is 0 Å². The molecule has 0 aromatic rings. The third-order valence-electron chi connectivity index (χ3n) is 1.52. The molecule has 0 aliphatic rings. The maximum atomic E-state index is 10.1. The van der Waals surface area contributed by atoms with Crippen LogP contribution in [-0.2, 0) is 4.79 Å². The Morgan fingerprint density at radius 1 is 1.38 bits per heavy atom. The second kappa shape index (κ2) is 11.5. The average molecular weight is 225 g/mol. The number of allylic oxidation sites excluding steroid dienone is 2. The van der Waals surface area contributed by atoms with Crippen LogP contribution in [0.15, 0.2) is 23.3 Å². The van der Waals surface area contributed by atoms with Gasteiger partial charge in [-0.1, -0.05) is 24.6 Å². The fourth-order valence-electron chi connectivity index (χ4n) is 0.733. The molecule has 0 unspecified atom stereocenters. The van der Waals surface area contributed by atoms with Gasteiger partial charge in [0.25, 0.3) is 0 Å². The molecular weight excluding hydrogens is 206 g/mol. The minimum absolute atomic E-state index is 0.171. The SMILES string of the molecule is CC(C)=C(C#N)C(=O)O.CC/C=C\CCO. The van der Waals surface area contributed by atoms with Crippen LogP contribution < -0.4 is 0 Å². The van der Waals surface area contributed by atoms with E-state index in [1.54, 1.807) is 19.9 Å². The monoisotopic (exact) mass is 225 g/mol. The lowest BCUT2D eigenvalue weighted by Crippen LogP contribution is -1.99. The highest BCUT2D eigenvalue weighted by Crippen LogP contribution is 2.00. The lowest BCUT2D eigenvalue weighted by molar-refractivity contribution is -0.132. The predicted octanol–water partition coefficient (Wildman–Crippen LogP) is 2.27. The molecule has 0 aromatic heterocycles. The van der Waals surface area contributed by atoms with E-state index in [2.05, 4.69) is 13.0 Å². The number of hydrogen-bond acceptors (Lipinski definition) is 3. The molecule has 0 atom stereocenters. The first-order chi connectivity index (χ1) is 7.51. The van der Waals surface area contributed by atoms with Crippen molar-refractivity contribution in [2.45, 2.75) is 33.6 Å². The fraction of sp³-hybridized carbons (Fsp3) is 0.500. The molecule has 4 heteroatoms. The highest BCUT2D eigenvalue weighted by molar-refractivity contribution is 5.91. The summed E-state index contributed by atoms with van der Waals surface area (Å²) in [6, 6.07) is 1.58. The summed E-state index contributed by atoms with van der Waals surface area (Å²) in [5, 5.41) is 24.7. The Hall–Kier alpha value is -1.60. The average Bonchev–Trinajstić information content (AvgIpc) is 2.19. The van der Waals surface area contributed by atoms with Crippen molar-refractivity contribution in [2.24, 2.45) is 0 Å². The lowest BCUT2D eigenvalue weighted by Gasteiger charge is -1.89. The van der Waals surface area contributed by atoms with E-state index in [4.69, 9.17) is 15.5 Å². The zero-order valence-corrected chi connectivity index (χ0v) is 10.0. The van der Waals surface area contributed by atoms with E-state index in [9.17, 15) is 4.79 Å². The first-order valence-corrected chi connectivity index (χ1v) is 5.07. The molecule has 0 aliphatic carbocycles. The van der Waals surface area contributed by atoms with Crippen molar-refractivity contribution in [1.82, 2.24) is 0 Å². The summed E-state index contributed by atoms with van der Waals surface area (Å²) in [6.07, 6.45) is 5.91. The van der Waals surface area contributed by atoms with Crippen LogP contribution in [0.5, 0.6) is 0 Å². The minimum Gasteiger partial charge on any atom is -0.477 e. The molecule has 0 saturated heterocycles. The minimum atomic E-state index is -1.16. The number of hydrogen-bond donors (Lipinski definition) is 2. The molecular formula is C12H19NO3. The van der Waals surface area contributed by atoms with Crippen LogP contribution in [0.1, 0.15) is 33.6 Å². The molecule has 0 heterocycles. The van der Waals surface area contributed by atoms with E-state index in [0.717, 1.165) is 12.8 Å². The molecule has 90 valence electrons. The fourth-order valence-corrected chi connectivity index (χ4v) is 0.733. The third kappa shape index (κ3) is 10.5. The highest BCUT2D eigenvalue weighted by atomic mass is 16.4. The summed E-state index contributed by atoms with van der Waals surface area (Å²) in [5.74, 6) is -1.16. The van der Waals surface area contributed by atoms with Crippen molar-refractivity contribution in [3.63, 3.8) is 0 Å². The molecule has 0 radical (unpaired) electrons. The third-order valence-corrected chi connectivity index (χ3v) is 1.52. The van der Waals surface area contributed by atoms with Crippen molar-refractivity contribution in [3.8, 4) is 6.07 Å². The Balaban J connectivity index is 0. The Bertz CT molecular complexity index is 294. The predicted molar refractivity (Wildman–Crippen MR) is 62.8 cm³/mol. The summed E-state index contributed by atoms with van der Waals surface area (Å²) in [5.41, 5.74) is 0.361. The maximum Gasteiger partial charge on any atom is 0.346 e. The molecule has 0 bridgehead atoms. The number of aliphatic hydroxyl groups excluding tert-OH is 1. The van der Waals surface area contributed by atoms with Crippen LogP contribution in [0.2, 0.25) is 0 Å². The summed E-state index contributed by atoms with van der Waals surface area (Å²) in [4.78, 5) is 10.1. The molecule has 0 fully saturated rings. The lowest BCUT2D eigenvalue weighted by atomic mass is 10.2. The van der Waals surface area contributed by atoms with Crippen molar-refractivity contribution >= 4 is 5.97 Å². The van der Waals surface area contributed by atoms with Crippen LogP contribution in [0, 0.1) is 11.3 Å². The molecule has 2 N–H and O–H groups in total. The van der Waals surface area contributed by atoms with Gasteiger partial charge < -0.3 is 10.2 Å². The van der Waals surface area contributed by atoms with E-state index < -0.39 is 5.97 Å². The molecule has 0 aliphatic heterocycles. The topological polar surface area (TPSA) is 81.3 Å². The van der Waals surface area contributed by atoms with Crippen molar-refractivity contribution in [1.29, 1.82) is 5.26 Å². The van der Waals surface area contributed by atoms with Gasteiger partial charge in [0.1, 0.15) is 11.6 Å². The second-order valence-electron chi connectivity index (χ2n) is 3.18. The van der Waals surface area contributed by atoms with Gasteiger partial charge in [-0.3, -0.25) is 0 Å². The standard InChI is InChI=1S/C6H7NO2.C6H12O/c1-4(2)5(3-7)6(8)9;1-2-3-4-5-6-7/h1-2H3,(H,8,9);3-4,7H,2,5-6H2,1H3/b;4-3-. The van der Waals surface area contributed by atoms with Crippen LogP contribution in [0.3, 0.4) is 0 Å². The number of nitriles is 1. The van der Waals surface area contributed by atoms with E-state index in [-0.39, 0.29) is 12.2 Å². The Morgan fingerprint density at radius 3 is 2.12 bits per heavy atom. The van der Waals surface area contributed by atoms with Gasteiger partial charge in [-0.05, 0) is 26.7 Å². The Kier molecular flexibility index (Phi) is 12.1. The van der Waals surface area contributed by atoms with Gasteiger partial charge >= 0.3 is 5.97 Å². The van der Waals surface area contributed by atoms with Gasteiger partial charge in [0.15, 0.2) is 0 Å². The number of rotatable bonds is 4.